The van der Waals surface area contributed by atoms with E-state index in [0.29, 0.717) is 6.42 Å². The highest BCUT2D eigenvalue weighted by molar-refractivity contribution is 7.09. The maximum atomic E-state index is 12.7. The molecule has 1 atom stereocenters. The number of alkyl halides is 3. The van der Waals surface area contributed by atoms with E-state index >= 15 is 0 Å². The average Bonchev–Trinajstić information content (AvgIpc) is 3.18. The largest absolute Gasteiger partial charge is 0.434 e. The number of rotatable bonds is 4. The third-order valence-corrected chi connectivity index (χ3v) is 4.42. The second-order valence-corrected chi connectivity index (χ2v) is 5.97. The second kappa shape index (κ2) is 6.23. The molecule has 0 aromatic carbocycles. The Balaban J connectivity index is 1.82. The van der Waals surface area contributed by atoms with Gasteiger partial charge in [-0.1, -0.05) is 13.0 Å². The maximum Gasteiger partial charge on any atom is 0.434 e. The molecule has 0 fully saturated rings. The molecule has 0 aliphatic carbocycles. The van der Waals surface area contributed by atoms with Crippen LogP contribution in [0, 0.1) is 0 Å². The molecule has 3 rings (SSSR count). The highest BCUT2D eigenvalue weighted by Crippen LogP contribution is 2.32. The van der Waals surface area contributed by atoms with E-state index in [-0.39, 0.29) is 10.8 Å². The quantitative estimate of drug-likeness (QED) is 0.777. The molecule has 5 nitrogen and oxygen atoms in total. The van der Waals surface area contributed by atoms with E-state index in [0.717, 1.165) is 22.2 Å². The van der Waals surface area contributed by atoms with Gasteiger partial charge in [0.25, 0.3) is 5.91 Å². The number of pyridine rings is 1. The molecular weight excluding hydrogens is 341 g/mol. The molecule has 24 heavy (non-hydrogen) atoms. The van der Waals surface area contributed by atoms with Gasteiger partial charge in [-0.05, 0) is 18.6 Å². The van der Waals surface area contributed by atoms with Crippen molar-refractivity contribution >= 4 is 22.8 Å². The van der Waals surface area contributed by atoms with Crippen molar-refractivity contribution in [2.24, 2.45) is 0 Å². The molecule has 3 aromatic rings. The van der Waals surface area contributed by atoms with Crippen molar-refractivity contribution in [3.05, 3.63) is 52.5 Å². The van der Waals surface area contributed by atoms with E-state index in [1.54, 1.807) is 35.9 Å². The van der Waals surface area contributed by atoms with Gasteiger partial charge in [-0.2, -0.15) is 13.2 Å². The van der Waals surface area contributed by atoms with Crippen molar-refractivity contribution in [3.63, 3.8) is 0 Å². The van der Waals surface area contributed by atoms with E-state index in [1.165, 1.54) is 0 Å². The van der Waals surface area contributed by atoms with Gasteiger partial charge in [0.2, 0.25) is 5.82 Å². The summed E-state index contributed by atoms with van der Waals surface area (Å²) in [6, 6.07) is 4.79. The molecule has 0 saturated carbocycles. The summed E-state index contributed by atoms with van der Waals surface area (Å²) >= 11 is 0.879. The van der Waals surface area contributed by atoms with Crippen LogP contribution in [0.1, 0.15) is 40.7 Å². The molecule has 0 spiro atoms. The third-order valence-electron chi connectivity index (χ3n) is 3.47. The van der Waals surface area contributed by atoms with Crippen molar-refractivity contribution in [1.82, 2.24) is 19.7 Å². The fraction of sp³-hybridized carbons (Fsp3) is 0.267. The SMILES string of the molecule is CCC(NC(=O)c1ncc2ccccn12)c1nc(C(F)(F)F)cs1. The lowest BCUT2D eigenvalue weighted by Crippen LogP contribution is -2.29. The molecule has 0 aliphatic rings. The van der Waals surface area contributed by atoms with Crippen LogP contribution in [0.2, 0.25) is 0 Å². The highest BCUT2D eigenvalue weighted by Gasteiger charge is 2.34. The van der Waals surface area contributed by atoms with E-state index in [4.69, 9.17) is 0 Å². The summed E-state index contributed by atoms with van der Waals surface area (Å²) in [4.78, 5) is 20.1. The van der Waals surface area contributed by atoms with Crippen molar-refractivity contribution in [2.75, 3.05) is 0 Å². The molecule has 3 aromatic heterocycles. The van der Waals surface area contributed by atoms with Crippen LogP contribution in [0.3, 0.4) is 0 Å². The number of nitrogens with one attached hydrogen (secondary N) is 1. The number of thiazole rings is 1. The Morgan fingerprint density at radius 2 is 2.21 bits per heavy atom. The second-order valence-electron chi connectivity index (χ2n) is 5.08. The van der Waals surface area contributed by atoms with Crippen LogP contribution in [-0.2, 0) is 6.18 Å². The van der Waals surface area contributed by atoms with Gasteiger partial charge < -0.3 is 5.32 Å². The molecule has 1 amide bonds. The summed E-state index contributed by atoms with van der Waals surface area (Å²) < 4.78 is 39.6. The molecule has 1 unspecified atom stereocenters. The standard InChI is InChI=1S/C15H13F3N4OS/c1-2-10(14-21-11(8-24-14)15(16,17)18)20-13(23)12-19-7-9-5-3-4-6-22(9)12/h3-8,10H,2H2,1H3,(H,20,23). The van der Waals surface area contributed by atoms with Gasteiger partial charge in [0.05, 0.1) is 17.8 Å². The van der Waals surface area contributed by atoms with Crippen molar-refractivity contribution in [3.8, 4) is 0 Å². The first-order valence-electron chi connectivity index (χ1n) is 7.15. The Kier molecular flexibility index (Phi) is 4.27. The van der Waals surface area contributed by atoms with Gasteiger partial charge in [-0.3, -0.25) is 9.20 Å². The fourth-order valence-corrected chi connectivity index (χ4v) is 3.21. The highest BCUT2D eigenvalue weighted by atomic mass is 32.1. The first-order valence-corrected chi connectivity index (χ1v) is 8.03. The van der Waals surface area contributed by atoms with Crippen LogP contribution in [0.5, 0.6) is 0 Å². The zero-order valence-corrected chi connectivity index (χ0v) is 13.4. The number of aromatic nitrogens is 3. The van der Waals surface area contributed by atoms with Gasteiger partial charge in [-0.15, -0.1) is 11.3 Å². The Morgan fingerprint density at radius 3 is 2.88 bits per heavy atom. The van der Waals surface area contributed by atoms with Crippen LogP contribution in [0.4, 0.5) is 13.2 Å². The predicted molar refractivity (Wildman–Crippen MR) is 82.8 cm³/mol. The number of halogens is 3. The Bertz CT molecular complexity index is 871. The minimum Gasteiger partial charge on any atom is -0.340 e. The normalized spacial score (nSPS) is 13.2. The molecule has 0 saturated heterocycles. The van der Waals surface area contributed by atoms with Crippen molar-refractivity contribution < 1.29 is 18.0 Å². The van der Waals surface area contributed by atoms with Gasteiger partial charge in [-0.25, -0.2) is 9.97 Å². The topological polar surface area (TPSA) is 59.3 Å². The molecular formula is C15H13F3N4OS. The number of fused-ring (bicyclic) bond motifs is 1. The summed E-state index contributed by atoms with van der Waals surface area (Å²) in [6.07, 6.45) is -0.819. The maximum absolute atomic E-state index is 12.7. The molecule has 1 N–H and O–H groups in total. The van der Waals surface area contributed by atoms with Gasteiger partial charge in [0.1, 0.15) is 5.01 Å². The number of carbonyl (C=O) groups excluding carboxylic acids is 1. The Morgan fingerprint density at radius 1 is 1.42 bits per heavy atom. The molecule has 0 radical (unpaired) electrons. The van der Waals surface area contributed by atoms with E-state index in [2.05, 4.69) is 15.3 Å². The van der Waals surface area contributed by atoms with Crippen LogP contribution >= 0.6 is 11.3 Å². The summed E-state index contributed by atoms with van der Waals surface area (Å²) in [7, 11) is 0. The number of nitrogens with zero attached hydrogens (tertiary/aromatic N) is 3. The Hall–Kier alpha value is -2.42. The monoisotopic (exact) mass is 354 g/mol. The average molecular weight is 354 g/mol. The lowest BCUT2D eigenvalue weighted by Gasteiger charge is -2.14. The van der Waals surface area contributed by atoms with Crippen LogP contribution in [-0.4, -0.2) is 20.3 Å². The van der Waals surface area contributed by atoms with E-state index in [1.807, 2.05) is 6.07 Å². The van der Waals surface area contributed by atoms with Crippen molar-refractivity contribution in [2.45, 2.75) is 25.6 Å². The zero-order valence-electron chi connectivity index (χ0n) is 12.5. The first kappa shape index (κ1) is 16.4. The minimum absolute atomic E-state index is 0.177. The summed E-state index contributed by atoms with van der Waals surface area (Å²) in [5.74, 6) is -0.284. The van der Waals surface area contributed by atoms with Gasteiger partial charge >= 0.3 is 6.18 Å². The van der Waals surface area contributed by atoms with Crippen LogP contribution in [0.15, 0.2) is 36.0 Å². The Labute approximate surface area is 139 Å². The van der Waals surface area contributed by atoms with Crippen LogP contribution in [0.25, 0.3) is 5.52 Å². The van der Waals surface area contributed by atoms with Crippen LogP contribution < -0.4 is 5.32 Å². The number of imidazole rings is 1. The molecule has 126 valence electrons. The summed E-state index contributed by atoms with van der Waals surface area (Å²) in [5, 5.41) is 3.88. The molecule has 9 heteroatoms. The third kappa shape index (κ3) is 3.12. The molecule has 0 bridgehead atoms. The number of amides is 1. The smallest absolute Gasteiger partial charge is 0.340 e. The lowest BCUT2D eigenvalue weighted by atomic mass is 10.2. The zero-order chi connectivity index (χ0) is 17.3. The fourth-order valence-electron chi connectivity index (χ4n) is 2.25. The lowest BCUT2D eigenvalue weighted by molar-refractivity contribution is -0.140. The predicted octanol–water partition coefficient (Wildman–Crippen LogP) is 3.69. The number of hydrogen-bond acceptors (Lipinski definition) is 4. The minimum atomic E-state index is -4.49. The number of carbonyl (C=O) groups is 1. The number of hydrogen-bond donors (Lipinski definition) is 1. The molecule has 3 heterocycles. The van der Waals surface area contributed by atoms with Gasteiger partial charge in [0, 0.05) is 11.6 Å². The first-order chi connectivity index (χ1) is 11.4. The summed E-state index contributed by atoms with van der Waals surface area (Å²) in [5.41, 5.74) is -0.189. The van der Waals surface area contributed by atoms with Crippen molar-refractivity contribution in [1.29, 1.82) is 0 Å². The van der Waals surface area contributed by atoms with Gasteiger partial charge in [0.15, 0.2) is 5.69 Å². The molecule has 0 aliphatic heterocycles. The summed E-state index contributed by atoms with van der Waals surface area (Å²) in [6.45, 7) is 1.77. The van der Waals surface area contributed by atoms with E-state index < -0.39 is 23.8 Å². The van der Waals surface area contributed by atoms with E-state index in [9.17, 15) is 18.0 Å².